The SMILES string of the molecule is CCCC(C)(C)NCc1ccccc1OCC#N. The third-order valence-electron chi connectivity index (χ3n) is 2.90. The van der Waals surface area contributed by atoms with E-state index in [9.17, 15) is 0 Å². The van der Waals surface area contributed by atoms with Gasteiger partial charge in [0.05, 0.1) is 0 Å². The Morgan fingerprint density at radius 2 is 2.06 bits per heavy atom. The molecule has 1 rings (SSSR count). The molecule has 0 spiro atoms. The van der Waals surface area contributed by atoms with Gasteiger partial charge in [-0.3, -0.25) is 0 Å². The molecule has 18 heavy (non-hydrogen) atoms. The molecule has 3 nitrogen and oxygen atoms in total. The van der Waals surface area contributed by atoms with Gasteiger partial charge in [-0.1, -0.05) is 31.5 Å². The summed E-state index contributed by atoms with van der Waals surface area (Å²) in [6.45, 7) is 7.45. The van der Waals surface area contributed by atoms with Crippen molar-refractivity contribution in [1.82, 2.24) is 5.32 Å². The van der Waals surface area contributed by atoms with Gasteiger partial charge >= 0.3 is 0 Å². The second kappa shape index (κ2) is 7.03. The lowest BCUT2D eigenvalue weighted by molar-refractivity contribution is 0.340. The maximum atomic E-state index is 8.56. The highest BCUT2D eigenvalue weighted by atomic mass is 16.5. The molecular weight excluding hydrogens is 224 g/mol. The number of rotatable bonds is 7. The first-order valence-corrected chi connectivity index (χ1v) is 6.42. The van der Waals surface area contributed by atoms with E-state index in [1.165, 1.54) is 0 Å². The van der Waals surface area contributed by atoms with E-state index >= 15 is 0 Å². The zero-order chi connectivity index (χ0) is 13.4. The number of nitriles is 1. The van der Waals surface area contributed by atoms with Gasteiger partial charge in [0.25, 0.3) is 0 Å². The van der Waals surface area contributed by atoms with E-state index in [0.717, 1.165) is 30.7 Å². The van der Waals surface area contributed by atoms with Crippen LogP contribution in [0.2, 0.25) is 0 Å². The average Bonchev–Trinajstić information content (AvgIpc) is 2.35. The Labute approximate surface area is 110 Å². The van der Waals surface area contributed by atoms with Gasteiger partial charge in [0.15, 0.2) is 6.61 Å². The Bertz CT molecular complexity index is 407. The summed E-state index contributed by atoms with van der Waals surface area (Å²) in [6.07, 6.45) is 2.29. The Morgan fingerprint density at radius 3 is 2.72 bits per heavy atom. The fraction of sp³-hybridized carbons (Fsp3) is 0.533. The molecule has 0 heterocycles. The molecule has 0 saturated carbocycles. The van der Waals surface area contributed by atoms with Gasteiger partial charge < -0.3 is 10.1 Å². The second-order valence-corrected chi connectivity index (χ2v) is 5.04. The van der Waals surface area contributed by atoms with Gasteiger partial charge in [-0.15, -0.1) is 0 Å². The van der Waals surface area contributed by atoms with Crippen LogP contribution >= 0.6 is 0 Å². The van der Waals surface area contributed by atoms with E-state index in [1.54, 1.807) is 0 Å². The molecule has 0 saturated heterocycles. The number of benzene rings is 1. The third-order valence-corrected chi connectivity index (χ3v) is 2.90. The van der Waals surface area contributed by atoms with E-state index in [4.69, 9.17) is 10.00 Å². The van der Waals surface area contributed by atoms with Crippen LogP contribution in [-0.4, -0.2) is 12.1 Å². The number of nitrogens with zero attached hydrogens (tertiary/aromatic N) is 1. The molecule has 3 heteroatoms. The molecule has 0 aromatic heterocycles. The summed E-state index contributed by atoms with van der Waals surface area (Å²) in [5, 5.41) is 12.1. The van der Waals surface area contributed by atoms with Crippen LogP contribution in [0.5, 0.6) is 5.75 Å². The van der Waals surface area contributed by atoms with Crippen LogP contribution in [0.3, 0.4) is 0 Å². The molecule has 0 radical (unpaired) electrons. The topological polar surface area (TPSA) is 45.0 Å². The lowest BCUT2D eigenvalue weighted by Crippen LogP contribution is -2.38. The van der Waals surface area contributed by atoms with Crippen molar-refractivity contribution < 1.29 is 4.74 Å². The highest BCUT2D eigenvalue weighted by Gasteiger charge is 2.16. The van der Waals surface area contributed by atoms with Crippen LogP contribution in [0.15, 0.2) is 24.3 Å². The lowest BCUT2D eigenvalue weighted by atomic mass is 9.98. The maximum Gasteiger partial charge on any atom is 0.174 e. The molecule has 0 aliphatic heterocycles. The van der Waals surface area contributed by atoms with E-state index in [-0.39, 0.29) is 12.1 Å². The number of nitrogens with one attached hydrogen (secondary N) is 1. The molecule has 0 aliphatic rings. The minimum atomic E-state index is 0.0926. The first-order chi connectivity index (χ1) is 8.59. The van der Waals surface area contributed by atoms with Crippen molar-refractivity contribution in [3.05, 3.63) is 29.8 Å². The molecule has 0 atom stereocenters. The zero-order valence-corrected chi connectivity index (χ0v) is 11.5. The van der Waals surface area contributed by atoms with Crippen LogP contribution in [0.1, 0.15) is 39.2 Å². The molecule has 0 fully saturated rings. The first kappa shape index (κ1) is 14.5. The maximum absolute atomic E-state index is 8.56. The smallest absolute Gasteiger partial charge is 0.174 e. The number of para-hydroxylation sites is 1. The highest BCUT2D eigenvalue weighted by molar-refractivity contribution is 5.33. The zero-order valence-electron chi connectivity index (χ0n) is 11.5. The van der Waals surface area contributed by atoms with Crippen LogP contribution in [-0.2, 0) is 6.54 Å². The average molecular weight is 246 g/mol. The molecule has 98 valence electrons. The second-order valence-electron chi connectivity index (χ2n) is 5.04. The normalized spacial score (nSPS) is 11.0. The van der Waals surface area contributed by atoms with Crippen molar-refractivity contribution in [1.29, 1.82) is 5.26 Å². The van der Waals surface area contributed by atoms with Crippen molar-refractivity contribution in [2.45, 2.75) is 45.7 Å². The predicted molar refractivity (Wildman–Crippen MR) is 73.4 cm³/mol. The van der Waals surface area contributed by atoms with Crippen molar-refractivity contribution in [2.75, 3.05) is 6.61 Å². The minimum absolute atomic E-state index is 0.0926. The quantitative estimate of drug-likeness (QED) is 0.803. The summed E-state index contributed by atoms with van der Waals surface area (Å²) in [5.41, 5.74) is 1.22. The Hall–Kier alpha value is -1.53. The third kappa shape index (κ3) is 4.77. The number of ether oxygens (including phenoxy) is 1. The predicted octanol–water partition coefficient (Wildman–Crippen LogP) is 3.26. The Balaban J connectivity index is 2.64. The first-order valence-electron chi connectivity index (χ1n) is 6.42. The van der Waals surface area contributed by atoms with Gasteiger partial charge in [-0.05, 0) is 26.3 Å². The molecule has 1 aromatic rings. The van der Waals surface area contributed by atoms with Crippen LogP contribution in [0.4, 0.5) is 0 Å². The largest absolute Gasteiger partial charge is 0.478 e. The molecule has 1 N–H and O–H groups in total. The fourth-order valence-electron chi connectivity index (χ4n) is 1.95. The van der Waals surface area contributed by atoms with Crippen molar-refractivity contribution in [3.63, 3.8) is 0 Å². The van der Waals surface area contributed by atoms with Crippen LogP contribution in [0, 0.1) is 11.3 Å². The molecule has 1 aromatic carbocycles. The Kier molecular flexibility index (Phi) is 5.67. The molecule has 0 amide bonds. The number of hydrogen-bond acceptors (Lipinski definition) is 3. The highest BCUT2D eigenvalue weighted by Crippen LogP contribution is 2.19. The minimum Gasteiger partial charge on any atom is -0.478 e. The van der Waals surface area contributed by atoms with E-state index in [0.29, 0.717) is 0 Å². The lowest BCUT2D eigenvalue weighted by Gasteiger charge is -2.26. The monoisotopic (exact) mass is 246 g/mol. The summed E-state index contributed by atoms with van der Waals surface area (Å²) in [4.78, 5) is 0. The van der Waals surface area contributed by atoms with E-state index in [2.05, 4.69) is 26.1 Å². The van der Waals surface area contributed by atoms with Crippen LogP contribution in [0.25, 0.3) is 0 Å². The van der Waals surface area contributed by atoms with Gasteiger partial charge in [0.2, 0.25) is 0 Å². The van der Waals surface area contributed by atoms with Gasteiger partial charge in [-0.25, -0.2) is 0 Å². The number of hydrogen-bond donors (Lipinski definition) is 1. The summed E-state index contributed by atoms with van der Waals surface area (Å²) in [6, 6.07) is 9.84. The van der Waals surface area contributed by atoms with Crippen LogP contribution < -0.4 is 10.1 Å². The van der Waals surface area contributed by atoms with Crippen molar-refractivity contribution in [3.8, 4) is 11.8 Å². The molecule has 0 bridgehead atoms. The van der Waals surface area contributed by atoms with Crippen molar-refractivity contribution >= 4 is 0 Å². The van der Waals surface area contributed by atoms with E-state index in [1.807, 2.05) is 30.3 Å². The Morgan fingerprint density at radius 1 is 1.33 bits per heavy atom. The summed E-state index contributed by atoms with van der Waals surface area (Å²) in [7, 11) is 0. The molecule has 0 unspecified atom stereocenters. The molecule has 0 aliphatic carbocycles. The van der Waals surface area contributed by atoms with E-state index < -0.39 is 0 Å². The van der Waals surface area contributed by atoms with Gasteiger partial charge in [0.1, 0.15) is 11.8 Å². The standard InChI is InChI=1S/C15H22N2O/c1-4-9-15(2,3)17-12-13-7-5-6-8-14(13)18-11-10-16/h5-8,17H,4,9,11-12H2,1-3H3. The van der Waals surface area contributed by atoms with Crippen molar-refractivity contribution in [2.24, 2.45) is 0 Å². The van der Waals surface area contributed by atoms with Gasteiger partial charge in [0, 0.05) is 17.6 Å². The van der Waals surface area contributed by atoms with Gasteiger partial charge in [-0.2, -0.15) is 5.26 Å². The fourth-order valence-corrected chi connectivity index (χ4v) is 1.95. The molecular formula is C15H22N2O. The summed E-state index contributed by atoms with van der Waals surface area (Å²) in [5.74, 6) is 0.791. The summed E-state index contributed by atoms with van der Waals surface area (Å²) < 4.78 is 5.41. The summed E-state index contributed by atoms with van der Waals surface area (Å²) >= 11 is 0.